The van der Waals surface area contributed by atoms with Gasteiger partial charge in [-0.25, -0.2) is 0 Å². The third-order valence-corrected chi connectivity index (χ3v) is 4.75. The summed E-state index contributed by atoms with van der Waals surface area (Å²) in [6, 6.07) is 11.0. The summed E-state index contributed by atoms with van der Waals surface area (Å²) in [5, 5.41) is 7.57. The van der Waals surface area contributed by atoms with Crippen LogP contribution in [0.15, 0.2) is 34.9 Å². The lowest BCUT2D eigenvalue weighted by Gasteiger charge is -2.39. The van der Waals surface area contributed by atoms with Gasteiger partial charge in [0.25, 0.3) is 0 Å². The lowest BCUT2D eigenvalue weighted by atomic mass is 9.64. The van der Waals surface area contributed by atoms with Crippen molar-refractivity contribution in [3.8, 4) is 0 Å². The zero-order chi connectivity index (χ0) is 14.7. The zero-order valence-corrected chi connectivity index (χ0v) is 12.8. The van der Waals surface area contributed by atoms with Crippen LogP contribution in [-0.2, 0) is 11.8 Å². The fraction of sp³-hybridized carbons (Fsp3) is 0.529. The summed E-state index contributed by atoms with van der Waals surface area (Å²) in [4.78, 5) is 4.70. The smallest absolute Gasteiger partial charge is 0.228 e. The Kier molecular flexibility index (Phi) is 4.06. The van der Waals surface area contributed by atoms with E-state index in [0.29, 0.717) is 6.04 Å². The van der Waals surface area contributed by atoms with Crippen molar-refractivity contribution in [2.24, 2.45) is 0 Å². The first-order chi connectivity index (χ1) is 10.3. The Balaban J connectivity index is 1.84. The lowest BCUT2D eigenvalue weighted by Crippen LogP contribution is -2.36. The molecule has 0 bridgehead atoms. The Labute approximate surface area is 126 Å². The molecule has 1 aliphatic rings. The number of rotatable bonds is 6. The Morgan fingerprint density at radius 1 is 1.29 bits per heavy atom. The van der Waals surface area contributed by atoms with Crippen molar-refractivity contribution in [3.05, 3.63) is 47.6 Å². The maximum Gasteiger partial charge on any atom is 0.228 e. The molecule has 0 spiro atoms. The highest BCUT2D eigenvalue weighted by Gasteiger charge is 2.44. The van der Waals surface area contributed by atoms with Crippen molar-refractivity contribution in [1.82, 2.24) is 15.5 Å². The van der Waals surface area contributed by atoms with Crippen molar-refractivity contribution in [2.75, 3.05) is 7.05 Å². The van der Waals surface area contributed by atoms with Crippen LogP contribution in [-0.4, -0.2) is 23.2 Å². The number of nitrogens with one attached hydrogen (secondary N) is 1. The number of nitrogens with zero attached hydrogens (tertiary/aromatic N) is 2. The maximum atomic E-state index is 5.50. The summed E-state index contributed by atoms with van der Waals surface area (Å²) in [6.45, 7) is 2.16. The standard InChI is InChI=1S/C17H23N3O/c1-3-14(18-2)12-15-19-16(20-21-15)17(10-7-11-17)13-8-5-4-6-9-13/h4-6,8-9,14,18H,3,7,10-12H2,1-2H3. The second-order valence-electron chi connectivity index (χ2n) is 5.91. The number of benzene rings is 1. The molecule has 1 aromatic heterocycles. The molecular formula is C17H23N3O. The molecule has 1 N–H and O–H groups in total. The Morgan fingerprint density at radius 2 is 2.05 bits per heavy atom. The minimum Gasteiger partial charge on any atom is -0.339 e. The van der Waals surface area contributed by atoms with Crippen LogP contribution in [0.4, 0.5) is 0 Å². The average molecular weight is 285 g/mol. The van der Waals surface area contributed by atoms with Crippen LogP contribution in [0.3, 0.4) is 0 Å². The molecule has 0 aliphatic heterocycles. The second-order valence-corrected chi connectivity index (χ2v) is 5.91. The lowest BCUT2D eigenvalue weighted by molar-refractivity contribution is 0.270. The minimum atomic E-state index is -0.0234. The molecule has 0 radical (unpaired) electrons. The van der Waals surface area contributed by atoms with Gasteiger partial charge in [-0.1, -0.05) is 48.8 Å². The fourth-order valence-corrected chi connectivity index (χ4v) is 3.12. The van der Waals surface area contributed by atoms with Gasteiger partial charge in [-0.3, -0.25) is 0 Å². The van der Waals surface area contributed by atoms with Crippen LogP contribution >= 0.6 is 0 Å². The molecule has 1 saturated carbocycles. The van der Waals surface area contributed by atoms with Gasteiger partial charge >= 0.3 is 0 Å². The van der Waals surface area contributed by atoms with E-state index in [2.05, 4.69) is 47.7 Å². The summed E-state index contributed by atoms with van der Waals surface area (Å²) in [5.74, 6) is 1.61. The van der Waals surface area contributed by atoms with E-state index >= 15 is 0 Å². The molecule has 1 atom stereocenters. The van der Waals surface area contributed by atoms with Crippen LogP contribution in [0.25, 0.3) is 0 Å². The van der Waals surface area contributed by atoms with E-state index in [1.54, 1.807) is 0 Å². The molecule has 0 saturated heterocycles. The first-order valence-corrected chi connectivity index (χ1v) is 7.84. The Bertz CT molecular complexity index is 571. The molecule has 0 amide bonds. The molecule has 3 rings (SSSR count). The first-order valence-electron chi connectivity index (χ1n) is 7.84. The summed E-state index contributed by atoms with van der Waals surface area (Å²) >= 11 is 0. The van der Waals surface area contributed by atoms with Crippen molar-refractivity contribution >= 4 is 0 Å². The highest BCUT2D eigenvalue weighted by Crippen LogP contribution is 2.47. The minimum absolute atomic E-state index is 0.0234. The monoisotopic (exact) mass is 285 g/mol. The highest BCUT2D eigenvalue weighted by atomic mass is 16.5. The summed E-state index contributed by atoms with van der Waals surface area (Å²) in [7, 11) is 1.98. The third kappa shape index (κ3) is 2.60. The Hall–Kier alpha value is -1.68. The van der Waals surface area contributed by atoms with Crippen LogP contribution in [0, 0.1) is 0 Å². The largest absolute Gasteiger partial charge is 0.339 e. The molecule has 1 heterocycles. The summed E-state index contributed by atoms with van der Waals surface area (Å²) in [6.07, 6.45) is 5.30. The van der Waals surface area contributed by atoms with E-state index in [1.165, 1.54) is 12.0 Å². The van der Waals surface area contributed by atoms with E-state index in [0.717, 1.165) is 37.4 Å². The molecule has 21 heavy (non-hydrogen) atoms. The number of hydrogen-bond acceptors (Lipinski definition) is 4. The quantitative estimate of drug-likeness (QED) is 0.886. The van der Waals surface area contributed by atoms with Gasteiger partial charge in [0.1, 0.15) is 0 Å². The van der Waals surface area contributed by atoms with E-state index in [-0.39, 0.29) is 5.41 Å². The molecule has 1 fully saturated rings. The fourth-order valence-electron chi connectivity index (χ4n) is 3.12. The van der Waals surface area contributed by atoms with Crippen LogP contribution in [0.1, 0.15) is 49.9 Å². The SMILES string of the molecule is CCC(Cc1nc(C2(c3ccccc3)CCC2)no1)NC. The predicted octanol–water partition coefficient (Wildman–Crippen LogP) is 3.08. The molecule has 4 heteroatoms. The normalized spacial score (nSPS) is 18.2. The van der Waals surface area contributed by atoms with E-state index in [9.17, 15) is 0 Å². The van der Waals surface area contributed by atoms with Gasteiger partial charge in [-0.05, 0) is 31.9 Å². The van der Waals surface area contributed by atoms with Gasteiger partial charge < -0.3 is 9.84 Å². The van der Waals surface area contributed by atoms with Crippen molar-refractivity contribution in [1.29, 1.82) is 0 Å². The predicted molar refractivity (Wildman–Crippen MR) is 82.2 cm³/mol. The molecule has 2 aromatic rings. The van der Waals surface area contributed by atoms with Gasteiger partial charge in [-0.2, -0.15) is 4.98 Å². The van der Waals surface area contributed by atoms with Crippen molar-refractivity contribution in [3.63, 3.8) is 0 Å². The number of likely N-dealkylation sites (N-methyl/N-ethyl adjacent to an activating group) is 1. The zero-order valence-electron chi connectivity index (χ0n) is 12.8. The molecule has 112 valence electrons. The second kappa shape index (κ2) is 5.98. The van der Waals surface area contributed by atoms with Crippen LogP contribution < -0.4 is 5.32 Å². The molecule has 4 nitrogen and oxygen atoms in total. The van der Waals surface area contributed by atoms with Gasteiger partial charge in [0.2, 0.25) is 5.89 Å². The van der Waals surface area contributed by atoms with Crippen LogP contribution in [0.5, 0.6) is 0 Å². The van der Waals surface area contributed by atoms with E-state index < -0.39 is 0 Å². The van der Waals surface area contributed by atoms with Gasteiger partial charge in [0.15, 0.2) is 5.82 Å². The maximum absolute atomic E-state index is 5.50. The molecule has 1 aromatic carbocycles. The van der Waals surface area contributed by atoms with Gasteiger partial charge in [0.05, 0.1) is 5.41 Å². The molecular weight excluding hydrogens is 262 g/mol. The molecule has 1 unspecified atom stereocenters. The van der Waals surface area contributed by atoms with E-state index in [1.807, 2.05) is 7.05 Å². The third-order valence-electron chi connectivity index (χ3n) is 4.75. The topological polar surface area (TPSA) is 51.0 Å². The van der Waals surface area contributed by atoms with Crippen molar-refractivity contribution in [2.45, 2.75) is 50.5 Å². The summed E-state index contributed by atoms with van der Waals surface area (Å²) < 4.78 is 5.50. The van der Waals surface area contributed by atoms with E-state index in [4.69, 9.17) is 9.51 Å². The van der Waals surface area contributed by atoms with Crippen LogP contribution in [0.2, 0.25) is 0 Å². The number of hydrogen-bond donors (Lipinski definition) is 1. The van der Waals surface area contributed by atoms with Gasteiger partial charge in [0, 0.05) is 12.5 Å². The first kappa shape index (κ1) is 14.3. The molecule has 1 aliphatic carbocycles. The Morgan fingerprint density at radius 3 is 2.62 bits per heavy atom. The average Bonchev–Trinajstić information content (AvgIpc) is 2.93. The van der Waals surface area contributed by atoms with Gasteiger partial charge in [-0.15, -0.1) is 0 Å². The highest BCUT2D eigenvalue weighted by molar-refractivity contribution is 5.35. The summed E-state index contributed by atoms with van der Waals surface area (Å²) in [5.41, 5.74) is 1.29. The van der Waals surface area contributed by atoms with Crippen molar-refractivity contribution < 1.29 is 4.52 Å². The number of aromatic nitrogens is 2.